The molecule has 1 aromatic rings. The van der Waals surface area contributed by atoms with Crippen LogP contribution >= 0.6 is 0 Å². The van der Waals surface area contributed by atoms with E-state index in [1.807, 2.05) is 0 Å². The Morgan fingerprint density at radius 2 is 2.39 bits per heavy atom. The van der Waals surface area contributed by atoms with Crippen LogP contribution in [0.2, 0.25) is 0 Å². The van der Waals surface area contributed by atoms with Crippen molar-refractivity contribution in [1.29, 1.82) is 0 Å². The van der Waals surface area contributed by atoms with Crippen LogP contribution in [0.4, 0.5) is 0 Å². The number of aliphatic hydroxyl groups is 1. The summed E-state index contributed by atoms with van der Waals surface area (Å²) < 4.78 is 27.0. The molecule has 1 unspecified atom stereocenters. The number of aromatic nitrogens is 2. The van der Waals surface area contributed by atoms with Crippen LogP contribution in [-0.4, -0.2) is 59.9 Å². The minimum absolute atomic E-state index is 0.0769. The SMILES string of the molecule is CN(CC1(O)CCNC1)S(=O)(=O)c1ccnn1C. The molecule has 0 spiro atoms. The largest absolute Gasteiger partial charge is 0.387 e. The molecular formula is C10H18N4O3S. The van der Waals surface area contributed by atoms with Crippen molar-refractivity contribution in [3.63, 3.8) is 0 Å². The highest BCUT2D eigenvalue weighted by Gasteiger charge is 2.36. The Morgan fingerprint density at radius 1 is 1.67 bits per heavy atom. The minimum Gasteiger partial charge on any atom is -0.387 e. The van der Waals surface area contributed by atoms with Crippen LogP contribution in [0.1, 0.15) is 6.42 Å². The van der Waals surface area contributed by atoms with E-state index < -0.39 is 15.6 Å². The Labute approximate surface area is 106 Å². The van der Waals surface area contributed by atoms with E-state index in [4.69, 9.17) is 0 Å². The van der Waals surface area contributed by atoms with Crippen LogP contribution in [0, 0.1) is 0 Å². The molecule has 0 saturated carbocycles. The van der Waals surface area contributed by atoms with Crippen LogP contribution in [0.25, 0.3) is 0 Å². The van der Waals surface area contributed by atoms with Gasteiger partial charge < -0.3 is 10.4 Å². The molecule has 18 heavy (non-hydrogen) atoms. The van der Waals surface area contributed by atoms with Gasteiger partial charge in [-0.05, 0) is 19.0 Å². The van der Waals surface area contributed by atoms with E-state index in [1.54, 1.807) is 7.05 Å². The standard InChI is InChI=1S/C10H18N4O3S/c1-13(8-10(15)4-6-11-7-10)18(16,17)9-3-5-12-14(9)2/h3,5,11,15H,4,6-8H2,1-2H3. The smallest absolute Gasteiger partial charge is 0.260 e. The van der Waals surface area contributed by atoms with Gasteiger partial charge in [-0.3, -0.25) is 4.68 Å². The Bertz CT molecular complexity index is 519. The van der Waals surface area contributed by atoms with Gasteiger partial charge in [0.1, 0.15) is 0 Å². The van der Waals surface area contributed by atoms with Crippen LogP contribution in [-0.2, 0) is 17.1 Å². The lowest BCUT2D eigenvalue weighted by Gasteiger charge is -2.27. The topological polar surface area (TPSA) is 87.5 Å². The highest BCUT2D eigenvalue weighted by molar-refractivity contribution is 7.89. The second-order valence-electron chi connectivity index (χ2n) is 4.71. The molecule has 2 heterocycles. The van der Waals surface area contributed by atoms with Gasteiger partial charge >= 0.3 is 0 Å². The van der Waals surface area contributed by atoms with E-state index in [0.717, 1.165) is 0 Å². The number of nitrogens with one attached hydrogen (secondary N) is 1. The molecule has 102 valence electrons. The average Bonchev–Trinajstić information content (AvgIpc) is 2.87. The third-order valence-electron chi connectivity index (χ3n) is 3.19. The fourth-order valence-corrected chi connectivity index (χ4v) is 3.48. The van der Waals surface area contributed by atoms with E-state index in [-0.39, 0.29) is 11.6 Å². The highest BCUT2D eigenvalue weighted by atomic mass is 32.2. The second-order valence-corrected chi connectivity index (χ2v) is 6.70. The second kappa shape index (κ2) is 4.61. The van der Waals surface area contributed by atoms with E-state index in [9.17, 15) is 13.5 Å². The number of β-amino-alcohol motifs (C(OH)–C–C–N with tert-alkyl or cyclic N) is 1. The molecule has 2 rings (SSSR count). The average molecular weight is 274 g/mol. The van der Waals surface area contributed by atoms with E-state index in [0.29, 0.717) is 19.5 Å². The molecule has 0 aromatic carbocycles. The summed E-state index contributed by atoms with van der Waals surface area (Å²) in [4.78, 5) is 0. The van der Waals surface area contributed by atoms with Crippen molar-refractivity contribution in [3.05, 3.63) is 12.3 Å². The third kappa shape index (κ3) is 2.41. The van der Waals surface area contributed by atoms with Gasteiger partial charge in [-0.1, -0.05) is 0 Å². The van der Waals surface area contributed by atoms with E-state index in [2.05, 4.69) is 10.4 Å². The lowest BCUT2D eigenvalue weighted by molar-refractivity contribution is 0.0461. The maximum atomic E-state index is 12.3. The Morgan fingerprint density at radius 3 is 2.89 bits per heavy atom. The maximum absolute atomic E-state index is 12.3. The van der Waals surface area contributed by atoms with Gasteiger partial charge in [0.2, 0.25) is 0 Å². The van der Waals surface area contributed by atoms with Gasteiger partial charge in [0.05, 0.1) is 11.8 Å². The molecule has 8 heteroatoms. The van der Waals surface area contributed by atoms with Gasteiger partial charge in [-0.25, -0.2) is 8.42 Å². The lowest BCUT2D eigenvalue weighted by atomic mass is 10.0. The summed E-state index contributed by atoms with van der Waals surface area (Å²) in [7, 11) is -0.559. The molecule has 0 bridgehead atoms. The summed E-state index contributed by atoms with van der Waals surface area (Å²) in [6, 6.07) is 1.45. The van der Waals surface area contributed by atoms with E-state index >= 15 is 0 Å². The van der Waals surface area contributed by atoms with Crippen molar-refractivity contribution in [1.82, 2.24) is 19.4 Å². The molecule has 2 N–H and O–H groups in total. The molecule has 1 saturated heterocycles. The highest BCUT2D eigenvalue weighted by Crippen LogP contribution is 2.20. The number of sulfonamides is 1. The Hall–Kier alpha value is -0.960. The first-order valence-corrected chi connectivity index (χ1v) is 7.17. The van der Waals surface area contributed by atoms with Crippen LogP contribution in [0.15, 0.2) is 17.3 Å². The predicted octanol–water partition coefficient (Wildman–Crippen LogP) is -1.23. The molecule has 1 atom stereocenters. The fourth-order valence-electron chi connectivity index (χ4n) is 2.14. The summed E-state index contributed by atoms with van der Waals surface area (Å²) >= 11 is 0. The van der Waals surface area contributed by atoms with Crippen molar-refractivity contribution < 1.29 is 13.5 Å². The van der Waals surface area contributed by atoms with Crippen molar-refractivity contribution in [3.8, 4) is 0 Å². The monoisotopic (exact) mass is 274 g/mol. The van der Waals surface area contributed by atoms with Crippen molar-refractivity contribution in [2.75, 3.05) is 26.7 Å². The zero-order chi connectivity index (χ0) is 13.4. The first-order chi connectivity index (χ1) is 8.35. The fraction of sp³-hybridized carbons (Fsp3) is 0.700. The zero-order valence-corrected chi connectivity index (χ0v) is 11.3. The molecule has 0 amide bonds. The van der Waals surface area contributed by atoms with Crippen molar-refractivity contribution in [2.45, 2.75) is 17.0 Å². The number of rotatable bonds is 4. The Balaban J connectivity index is 2.18. The van der Waals surface area contributed by atoms with Gasteiger partial charge in [-0.2, -0.15) is 9.40 Å². The minimum atomic E-state index is -3.61. The first kappa shape index (κ1) is 13.5. The van der Waals surface area contributed by atoms with Crippen LogP contribution < -0.4 is 5.32 Å². The molecule has 1 aliphatic heterocycles. The van der Waals surface area contributed by atoms with Crippen molar-refractivity contribution in [2.24, 2.45) is 7.05 Å². The summed E-state index contributed by atoms with van der Waals surface area (Å²) in [5.41, 5.74) is -0.986. The molecule has 1 aromatic heterocycles. The third-order valence-corrected chi connectivity index (χ3v) is 5.07. The number of aryl methyl sites for hydroxylation is 1. The number of likely N-dealkylation sites (N-methyl/N-ethyl adjacent to an activating group) is 1. The lowest BCUT2D eigenvalue weighted by Crippen LogP contribution is -2.45. The quantitative estimate of drug-likeness (QED) is 0.717. The molecule has 1 aliphatic rings. The van der Waals surface area contributed by atoms with Gasteiger partial charge in [0.25, 0.3) is 10.0 Å². The number of nitrogens with zero attached hydrogens (tertiary/aromatic N) is 3. The van der Waals surface area contributed by atoms with Crippen molar-refractivity contribution >= 4 is 10.0 Å². The normalized spacial score (nSPS) is 24.9. The summed E-state index contributed by atoms with van der Waals surface area (Å²) in [5, 5.41) is 17.2. The van der Waals surface area contributed by atoms with Gasteiger partial charge in [-0.15, -0.1) is 0 Å². The maximum Gasteiger partial charge on any atom is 0.260 e. The summed E-state index contributed by atoms with van der Waals surface area (Å²) in [5.74, 6) is 0. The van der Waals surface area contributed by atoms with E-state index in [1.165, 1.54) is 28.3 Å². The molecular weight excluding hydrogens is 256 g/mol. The number of hydrogen-bond donors (Lipinski definition) is 2. The predicted molar refractivity (Wildman–Crippen MR) is 65.5 cm³/mol. The summed E-state index contributed by atoms with van der Waals surface area (Å²) in [6.07, 6.45) is 1.99. The van der Waals surface area contributed by atoms with Crippen LogP contribution in [0.3, 0.4) is 0 Å². The van der Waals surface area contributed by atoms with Crippen LogP contribution in [0.5, 0.6) is 0 Å². The summed E-state index contributed by atoms with van der Waals surface area (Å²) in [6.45, 7) is 1.20. The molecule has 1 fully saturated rings. The molecule has 0 aliphatic carbocycles. The zero-order valence-electron chi connectivity index (χ0n) is 10.5. The number of hydrogen-bond acceptors (Lipinski definition) is 5. The first-order valence-electron chi connectivity index (χ1n) is 5.73. The molecule has 0 radical (unpaired) electrons. The van der Waals surface area contributed by atoms with Gasteiger partial charge in [0.15, 0.2) is 5.03 Å². The van der Waals surface area contributed by atoms with Gasteiger partial charge in [0, 0.05) is 27.2 Å². The Kier molecular flexibility index (Phi) is 3.45. The molecule has 7 nitrogen and oxygen atoms in total.